The molecule has 0 aromatic rings. The van der Waals surface area contributed by atoms with Gasteiger partial charge in [0.1, 0.15) is 0 Å². The Labute approximate surface area is 62.8 Å². The Morgan fingerprint density at radius 1 is 1.33 bits per heavy atom. The summed E-state index contributed by atoms with van der Waals surface area (Å²) in [6.45, 7) is 8.56. The Morgan fingerprint density at radius 2 is 1.89 bits per heavy atom. The molecule has 0 heterocycles. The van der Waals surface area contributed by atoms with Crippen LogP contribution in [0, 0.1) is 5.41 Å². The molecule has 0 bridgehead atoms. The lowest BCUT2D eigenvalue weighted by molar-refractivity contribution is 0.385. The predicted octanol–water partition coefficient (Wildman–Crippen LogP) is 1.86. The van der Waals surface area contributed by atoms with Crippen LogP contribution in [0.15, 0.2) is 0 Å². The van der Waals surface area contributed by atoms with Gasteiger partial charge in [0.05, 0.1) is 0 Å². The number of hydrogen-bond acceptors (Lipinski definition) is 1. The van der Waals surface area contributed by atoms with Crippen molar-refractivity contribution in [2.75, 3.05) is 19.0 Å². The Kier molecular flexibility index (Phi) is 4.24. The molecule has 0 saturated heterocycles. The van der Waals surface area contributed by atoms with E-state index in [1.165, 1.54) is 0 Å². The molecule has 0 unspecified atom stereocenters. The SMILES string of the molecule is CC(C)(C)CNCCCl. The number of hydrogen-bond donors (Lipinski definition) is 1. The van der Waals surface area contributed by atoms with Gasteiger partial charge in [-0.1, -0.05) is 20.8 Å². The second-order valence-electron chi connectivity index (χ2n) is 3.43. The molecule has 0 saturated carbocycles. The lowest BCUT2D eigenvalue weighted by Crippen LogP contribution is -2.28. The van der Waals surface area contributed by atoms with E-state index in [4.69, 9.17) is 11.6 Å². The van der Waals surface area contributed by atoms with Crippen molar-refractivity contribution in [3.05, 3.63) is 0 Å². The maximum Gasteiger partial charge on any atom is 0.0348 e. The molecule has 56 valence electrons. The van der Waals surface area contributed by atoms with Crippen LogP contribution in [0.2, 0.25) is 0 Å². The molecule has 0 aromatic carbocycles. The van der Waals surface area contributed by atoms with E-state index in [0.29, 0.717) is 11.3 Å². The molecule has 0 radical (unpaired) electrons. The zero-order valence-corrected chi connectivity index (χ0v) is 7.26. The fraction of sp³-hybridized carbons (Fsp3) is 1.00. The third-order valence-corrected chi connectivity index (χ3v) is 1.12. The molecule has 0 spiro atoms. The second kappa shape index (κ2) is 4.13. The van der Waals surface area contributed by atoms with Crippen molar-refractivity contribution < 1.29 is 0 Å². The summed E-state index contributed by atoms with van der Waals surface area (Å²) in [5, 5.41) is 3.24. The summed E-state index contributed by atoms with van der Waals surface area (Å²) in [5.74, 6) is 0.704. The third kappa shape index (κ3) is 8.25. The normalized spacial score (nSPS) is 12.0. The Bertz CT molecular complexity index is 65.8. The minimum Gasteiger partial charge on any atom is -0.315 e. The van der Waals surface area contributed by atoms with Crippen LogP contribution in [0.3, 0.4) is 0 Å². The molecular formula is C7H16ClN. The lowest BCUT2D eigenvalue weighted by Gasteiger charge is -2.17. The summed E-state index contributed by atoms with van der Waals surface area (Å²) in [7, 11) is 0. The largest absolute Gasteiger partial charge is 0.315 e. The van der Waals surface area contributed by atoms with Gasteiger partial charge in [-0.15, -0.1) is 11.6 Å². The average Bonchev–Trinajstić information content (AvgIpc) is 1.63. The third-order valence-electron chi connectivity index (χ3n) is 0.927. The van der Waals surface area contributed by atoms with Crippen LogP contribution in [0.5, 0.6) is 0 Å². The van der Waals surface area contributed by atoms with Gasteiger partial charge < -0.3 is 5.32 Å². The van der Waals surface area contributed by atoms with E-state index in [1.807, 2.05) is 0 Å². The molecule has 0 atom stereocenters. The molecule has 0 aliphatic heterocycles. The van der Waals surface area contributed by atoms with Crippen LogP contribution in [-0.4, -0.2) is 19.0 Å². The van der Waals surface area contributed by atoms with E-state index in [2.05, 4.69) is 26.1 Å². The first-order chi connectivity index (χ1) is 4.06. The van der Waals surface area contributed by atoms with E-state index < -0.39 is 0 Å². The van der Waals surface area contributed by atoms with Gasteiger partial charge in [0.25, 0.3) is 0 Å². The first kappa shape index (κ1) is 9.25. The van der Waals surface area contributed by atoms with Crippen LogP contribution < -0.4 is 5.32 Å². The molecule has 2 heteroatoms. The molecule has 0 fully saturated rings. The number of nitrogens with one attached hydrogen (secondary N) is 1. The van der Waals surface area contributed by atoms with Crippen LogP contribution in [0.25, 0.3) is 0 Å². The average molecular weight is 150 g/mol. The summed E-state index contributed by atoms with van der Waals surface area (Å²) in [4.78, 5) is 0. The fourth-order valence-corrected chi connectivity index (χ4v) is 0.664. The summed E-state index contributed by atoms with van der Waals surface area (Å²) in [6, 6.07) is 0. The van der Waals surface area contributed by atoms with Crippen LogP contribution >= 0.6 is 11.6 Å². The molecule has 0 aromatic heterocycles. The first-order valence-electron chi connectivity index (χ1n) is 3.33. The molecule has 1 nitrogen and oxygen atoms in total. The van der Waals surface area contributed by atoms with Gasteiger partial charge in [0, 0.05) is 19.0 Å². The van der Waals surface area contributed by atoms with Crippen molar-refractivity contribution in [1.82, 2.24) is 5.32 Å². The van der Waals surface area contributed by atoms with Crippen molar-refractivity contribution in [3.8, 4) is 0 Å². The lowest BCUT2D eigenvalue weighted by atomic mass is 9.97. The van der Waals surface area contributed by atoms with Gasteiger partial charge in [0.15, 0.2) is 0 Å². The summed E-state index contributed by atoms with van der Waals surface area (Å²) >= 11 is 5.47. The maximum atomic E-state index is 5.47. The molecule has 9 heavy (non-hydrogen) atoms. The quantitative estimate of drug-likeness (QED) is 0.477. The van der Waals surface area contributed by atoms with E-state index in [-0.39, 0.29) is 0 Å². The highest BCUT2D eigenvalue weighted by molar-refractivity contribution is 6.18. The van der Waals surface area contributed by atoms with E-state index in [0.717, 1.165) is 13.1 Å². The second-order valence-corrected chi connectivity index (χ2v) is 3.80. The van der Waals surface area contributed by atoms with Crippen molar-refractivity contribution in [3.63, 3.8) is 0 Å². The van der Waals surface area contributed by atoms with Gasteiger partial charge in [-0.2, -0.15) is 0 Å². The van der Waals surface area contributed by atoms with E-state index >= 15 is 0 Å². The smallest absolute Gasteiger partial charge is 0.0348 e. The highest BCUT2D eigenvalue weighted by Gasteiger charge is 2.07. The van der Waals surface area contributed by atoms with Crippen molar-refractivity contribution in [2.24, 2.45) is 5.41 Å². The molecule has 0 amide bonds. The molecule has 0 aliphatic rings. The Hall–Kier alpha value is 0.250. The van der Waals surface area contributed by atoms with Crippen LogP contribution in [0.1, 0.15) is 20.8 Å². The summed E-state index contributed by atoms with van der Waals surface area (Å²) in [5.41, 5.74) is 0.381. The molecule has 1 N–H and O–H groups in total. The summed E-state index contributed by atoms with van der Waals surface area (Å²) in [6.07, 6.45) is 0. The minimum atomic E-state index is 0.381. The number of rotatable bonds is 3. The van der Waals surface area contributed by atoms with Gasteiger partial charge in [0.2, 0.25) is 0 Å². The summed E-state index contributed by atoms with van der Waals surface area (Å²) < 4.78 is 0. The van der Waals surface area contributed by atoms with Gasteiger partial charge in [-0.3, -0.25) is 0 Å². The zero-order valence-electron chi connectivity index (χ0n) is 6.50. The van der Waals surface area contributed by atoms with Crippen molar-refractivity contribution in [2.45, 2.75) is 20.8 Å². The molecule has 0 aliphatic carbocycles. The standard InChI is InChI=1S/C7H16ClN/c1-7(2,3)6-9-5-4-8/h9H,4-6H2,1-3H3. The zero-order chi connectivity index (χ0) is 7.33. The van der Waals surface area contributed by atoms with E-state index in [9.17, 15) is 0 Å². The Balaban J connectivity index is 3.07. The van der Waals surface area contributed by atoms with E-state index in [1.54, 1.807) is 0 Å². The Morgan fingerprint density at radius 3 is 2.22 bits per heavy atom. The highest BCUT2D eigenvalue weighted by atomic mass is 35.5. The minimum absolute atomic E-state index is 0.381. The fourth-order valence-electron chi connectivity index (χ4n) is 0.530. The number of alkyl halides is 1. The van der Waals surface area contributed by atoms with Gasteiger partial charge >= 0.3 is 0 Å². The number of halogens is 1. The molecular weight excluding hydrogens is 134 g/mol. The van der Waals surface area contributed by atoms with Crippen molar-refractivity contribution in [1.29, 1.82) is 0 Å². The predicted molar refractivity (Wildman–Crippen MR) is 43.0 cm³/mol. The molecule has 0 rings (SSSR count). The van der Waals surface area contributed by atoms with Crippen LogP contribution in [0.4, 0.5) is 0 Å². The van der Waals surface area contributed by atoms with Gasteiger partial charge in [-0.05, 0) is 5.41 Å². The van der Waals surface area contributed by atoms with Crippen molar-refractivity contribution >= 4 is 11.6 Å². The first-order valence-corrected chi connectivity index (χ1v) is 3.86. The topological polar surface area (TPSA) is 12.0 Å². The van der Waals surface area contributed by atoms with Gasteiger partial charge in [-0.25, -0.2) is 0 Å². The van der Waals surface area contributed by atoms with Crippen LogP contribution in [-0.2, 0) is 0 Å². The maximum absolute atomic E-state index is 5.47. The highest BCUT2D eigenvalue weighted by Crippen LogP contribution is 2.09. The monoisotopic (exact) mass is 149 g/mol.